The fourth-order valence-corrected chi connectivity index (χ4v) is 1.19. The van der Waals surface area contributed by atoms with Crippen molar-refractivity contribution in [2.75, 3.05) is 6.79 Å². The van der Waals surface area contributed by atoms with E-state index in [0.29, 0.717) is 6.79 Å². The molecule has 1 atom stereocenters. The monoisotopic (exact) mass is 148 g/mol. The molecule has 0 spiro atoms. The van der Waals surface area contributed by atoms with Crippen LogP contribution in [-0.4, -0.2) is 6.79 Å². The summed E-state index contributed by atoms with van der Waals surface area (Å²) in [5, 5.41) is 0. The van der Waals surface area contributed by atoms with E-state index in [1.807, 2.05) is 12.2 Å². The molecule has 2 rings (SSSR count). The van der Waals surface area contributed by atoms with Gasteiger partial charge in [-0.25, -0.2) is 0 Å². The van der Waals surface area contributed by atoms with Crippen LogP contribution in [-0.2, 0) is 9.47 Å². The van der Waals surface area contributed by atoms with Gasteiger partial charge in [-0.1, -0.05) is 5.92 Å². The quantitative estimate of drug-likeness (QED) is 0.483. The lowest BCUT2D eigenvalue weighted by Gasteiger charge is -2.08. The average molecular weight is 148 g/mol. The van der Waals surface area contributed by atoms with E-state index in [9.17, 15) is 0 Å². The minimum absolute atomic E-state index is 0.176. The summed E-state index contributed by atoms with van der Waals surface area (Å²) in [6.45, 7) is 0.328. The first-order chi connectivity index (χ1) is 5.40. The molecule has 0 radical (unpaired) electrons. The van der Waals surface area contributed by atoms with Crippen LogP contribution in [0, 0.1) is 18.3 Å². The van der Waals surface area contributed by atoms with Gasteiger partial charge in [0.1, 0.15) is 0 Å². The van der Waals surface area contributed by atoms with Crippen molar-refractivity contribution in [1.29, 1.82) is 0 Å². The SMILES string of the molecule is C#CC1C=C2OCOC2=CC1. The van der Waals surface area contributed by atoms with E-state index in [4.69, 9.17) is 15.9 Å². The van der Waals surface area contributed by atoms with E-state index in [0.717, 1.165) is 17.9 Å². The second-order valence-corrected chi connectivity index (χ2v) is 2.51. The first-order valence-corrected chi connectivity index (χ1v) is 3.54. The Labute approximate surface area is 65.5 Å². The molecule has 0 bridgehead atoms. The molecule has 2 heteroatoms. The molecule has 56 valence electrons. The second kappa shape index (κ2) is 2.35. The van der Waals surface area contributed by atoms with E-state index >= 15 is 0 Å². The molecular formula is C9H8O2. The predicted molar refractivity (Wildman–Crippen MR) is 40.1 cm³/mol. The van der Waals surface area contributed by atoms with Crippen molar-refractivity contribution < 1.29 is 9.47 Å². The van der Waals surface area contributed by atoms with Crippen molar-refractivity contribution >= 4 is 0 Å². The summed E-state index contributed by atoms with van der Waals surface area (Å²) in [6.07, 6.45) is 10.0. The van der Waals surface area contributed by atoms with Crippen LogP contribution in [0.4, 0.5) is 0 Å². The van der Waals surface area contributed by atoms with Gasteiger partial charge in [-0.3, -0.25) is 0 Å². The molecular weight excluding hydrogens is 140 g/mol. The molecule has 0 amide bonds. The van der Waals surface area contributed by atoms with Gasteiger partial charge in [0.15, 0.2) is 11.5 Å². The molecule has 1 aliphatic carbocycles. The number of hydrogen-bond donors (Lipinski definition) is 0. The zero-order valence-electron chi connectivity index (χ0n) is 6.04. The Hall–Kier alpha value is -1.36. The van der Waals surface area contributed by atoms with Crippen molar-refractivity contribution in [3.8, 4) is 12.3 Å². The largest absolute Gasteiger partial charge is 0.454 e. The van der Waals surface area contributed by atoms with Gasteiger partial charge < -0.3 is 9.47 Å². The van der Waals surface area contributed by atoms with Gasteiger partial charge in [-0.05, 0) is 18.6 Å². The Morgan fingerprint density at radius 1 is 1.45 bits per heavy atom. The van der Waals surface area contributed by atoms with Crippen molar-refractivity contribution in [3.63, 3.8) is 0 Å². The molecule has 1 unspecified atom stereocenters. The van der Waals surface area contributed by atoms with Crippen molar-refractivity contribution in [3.05, 3.63) is 23.7 Å². The predicted octanol–water partition coefficient (Wildman–Crippen LogP) is 1.41. The number of rotatable bonds is 0. The Bertz CT molecular complexity index is 268. The molecule has 0 aromatic carbocycles. The lowest BCUT2D eigenvalue weighted by molar-refractivity contribution is 0.0977. The number of ether oxygens (including phenoxy) is 2. The molecule has 1 saturated heterocycles. The second-order valence-electron chi connectivity index (χ2n) is 2.51. The Kier molecular flexibility index (Phi) is 1.36. The van der Waals surface area contributed by atoms with Gasteiger partial charge in [0, 0.05) is 5.92 Å². The van der Waals surface area contributed by atoms with Crippen molar-refractivity contribution in [1.82, 2.24) is 0 Å². The number of hydrogen-bond acceptors (Lipinski definition) is 2. The third-order valence-electron chi connectivity index (χ3n) is 1.80. The van der Waals surface area contributed by atoms with Crippen molar-refractivity contribution in [2.24, 2.45) is 5.92 Å². The standard InChI is InChI=1S/C9H8O2/c1-2-7-3-4-8-9(5-7)11-6-10-8/h1,4-5,7H,3,6H2. The van der Waals surface area contributed by atoms with Gasteiger partial charge >= 0.3 is 0 Å². The summed E-state index contributed by atoms with van der Waals surface area (Å²) in [6, 6.07) is 0. The van der Waals surface area contributed by atoms with Crippen LogP contribution >= 0.6 is 0 Å². The first-order valence-electron chi connectivity index (χ1n) is 3.54. The van der Waals surface area contributed by atoms with Crippen LogP contribution in [0.2, 0.25) is 0 Å². The first kappa shape index (κ1) is 6.36. The van der Waals surface area contributed by atoms with Crippen LogP contribution in [0.1, 0.15) is 6.42 Å². The highest BCUT2D eigenvalue weighted by molar-refractivity contribution is 5.30. The summed E-state index contributed by atoms with van der Waals surface area (Å²) in [5.41, 5.74) is 0. The summed E-state index contributed by atoms with van der Waals surface area (Å²) in [5.74, 6) is 4.49. The summed E-state index contributed by atoms with van der Waals surface area (Å²) < 4.78 is 10.3. The molecule has 1 fully saturated rings. The summed E-state index contributed by atoms with van der Waals surface area (Å²) >= 11 is 0. The fraction of sp³-hybridized carbons (Fsp3) is 0.333. The van der Waals surface area contributed by atoms with Gasteiger partial charge in [0.05, 0.1) is 0 Å². The van der Waals surface area contributed by atoms with Crippen LogP contribution in [0.25, 0.3) is 0 Å². The topological polar surface area (TPSA) is 18.5 Å². The maximum atomic E-state index is 5.27. The van der Waals surface area contributed by atoms with Crippen LogP contribution in [0.5, 0.6) is 0 Å². The minimum atomic E-state index is 0.176. The maximum Gasteiger partial charge on any atom is 0.231 e. The third-order valence-corrected chi connectivity index (χ3v) is 1.80. The highest BCUT2D eigenvalue weighted by atomic mass is 16.7. The molecule has 0 N–H and O–H groups in total. The molecule has 0 aromatic heterocycles. The van der Waals surface area contributed by atoms with Gasteiger partial charge in [-0.15, -0.1) is 6.42 Å². The zero-order chi connectivity index (χ0) is 7.68. The smallest absolute Gasteiger partial charge is 0.231 e. The van der Waals surface area contributed by atoms with E-state index in [2.05, 4.69) is 5.92 Å². The van der Waals surface area contributed by atoms with Crippen LogP contribution in [0.15, 0.2) is 23.7 Å². The Balaban J connectivity index is 2.25. The highest BCUT2D eigenvalue weighted by Gasteiger charge is 2.21. The van der Waals surface area contributed by atoms with Gasteiger partial charge in [-0.2, -0.15) is 0 Å². The Morgan fingerprint density at radius 2 is 2.27 bits per heavy atom. The fourth-order valence-electron chi connectivity index (χ4n) is 1.19. The minimum Gasteiger partial charge on any atom is -0.454 e. The molecule has 0 aromatic rings. The zero-order valence-corrected chi connectivity index (χ0v) is 6.04. The molecule has 1 heterocycles. The van der Waals surface area contributed by atoms with E-state index in [1.54, 1.807) is 0 Å². The number of allylic oxidation sites excluding steroid dienone is 2. The lowest BCUT2D eigenvalue weighted by atomic mass is 10.0. The lowest BCUT2D eigenvalue weighted by Crippen LogP contribution is -1.99. The van der Waals surface area contributed by atoms with E-state index in [-0.39, 0.29) is 5.92 Å². The third kappa shape index (κ3) is 0.988. The van der Waals surface area contributed by atoms with Crippen LogP contribution in [0.3, 0.4) is 0 Å². The average Bonchev–Trinajstić information content (AvgIpc) is 2.50. The normalized spacial score (nSPS) is 27.0. The summed E-state index contributed by atoms with van der Waals surface area (Å²) in [4.78, 5) is 0. The van der Waals surface area contributed by atoms with Crippen molar-refractivity contribution in [2.45, 2.75) is 6.42 Å². The highest BCUT2D eigenvalue weighted by Crippen LogP contribution is 2.28. The Morgan fingerprint density at radius 3 is 3.09 bits per heavy atom. The van der Waals surface area contributed by atoms with Crippen LogP contribution < -0.4 is 0 Å². The molecule has 2 aliphatic rings. The van der Waals surface area contributed by atoms with E-state index in [1.165, 1.54) is 0 Å². The maximum absolute atomic E-state index is 5.27. The van der Waals surface area contributed by atoms with E-state index < -0.39 is 0 Å². The molecule has 1 aliphatic heterocycles. The molecule has 11 heavy (non-hydrogen) atoms. The molecule has 2 nitrogen and oxygen atoms in total. The summed E-state index contributed by atoms with van der Waals surface area (Å²) in [7, 11) is 0. The van der Waals surface area contributed by atoms with Gasteiger partial charge in [0.25, 0.3) is 0 Å². The number of terminal acetylenes is 1. The molecule has 0 saturated carbocycles. The van der Waals surface area contributed by atoms with Gasteiger partial charge in [0.2, 0.25) is 6.79 Å². The number of fused-ring (bicyclic) bond motifs is 1.